The molecule has 1 saturated carbocycles. The van der Waals surface area contributed by atoms with Crippen LogP contribution in [0.5, 0.6) is 11.8 Å². The minimum absolute atomic E-state index is 0.0757. The molecular formula is C38H46F6N6O2. The van der Waals surface area contributed by atoms with Crippen LogP contribution in [0.2, 0.25) is 0 Å². The Balaban J connectivity index is 0.000000233. The van der Waals surface area contributed by atoms with Crippen molar-refractivity contribution in [2.24, 2.45) is 0 Å². The Morgan fingerprint density at radius 2 is 1.10 bits per heavy atom. The van der Waals surface area contributed by atoms with E-state index in [2.05, 4.69) is 44.4 Å². The van der Waals surface area contributed by atoms with Gasteiger partial charge in [-0.3, -0.25) is 0 Å². The van der Waals surface area contributed by atoms with Gasteiger partial charge in [-0.25, -0.2) is 9.97 Å². The normalized spacial score (nSPS) is 13.3. The number of unbranched alkanes of at least 4 members (excludes halogenated alkanes) is 2. The van der Waals surface area contributed by atoms with Gasteiger partial charge in [0.2, 0.25) is 23.7 Å². The van der Waals surface area contributed by atoms with Gasteiger partial charge in [0.25, 0.3) is 0 Å². The number of nitrogens with one attached hydrogen (secondary N) is 2. The van der Waals surface area contributed by atoms with Crippen LogP contribution < -0.4 is 20.1 Å². The van der Waals surface area contributed by atoms with Crippen LogP contribution in [0.4, 0.5) is 49.6 Å². The molecule has 0 saturated heterocycles. The number of aryl methyl sites for hydroxylation is 2. The zero-order valence-corrected chi connectivity index (χ0v) is 29.7. The summed E-state index contributed by atoms with van der Waals surface area (Å²) in [5.41, 5.74) is 1.94. The maximum Gasteiger partial charge on any atom is 0.423 e. The second kappa shape index (κ2) is 19.3. The zero-order valence-electron chi connectivity index (χ0n) is 29.7. The summed E-state index contributed by atoms with van der Waals surface area (Å²) < 4.78 is 89.8. The van der Waals surface area contributed by atoms with E-state index in [1.165, 1.54) is 11.1 Å². The second-order valence-corrected chi connectivity index (χ2v) is 12.5. The Morgan fingerprint density at radius 3 is 1.54 bits per heavy atom. The fraction of sp³-hybridized carbons (Fsp3) is 0.474. The molecule has 4 aromatic rings. The number of alkyl halides is 6. The molecule has 0 aliphatic heterocycles. The van der Waals surface area contributed by atoms with Gasteiger partial charge in [0, 0.05) is 23.8 Å². The van der Waals surface area contributed by atoms with Gasteiger partial charge in [0.05, 0.1) is 6.61 Å². The lowest BCUT2D eigenvalue weighted by Gasteiger charge is -2.17. The van der Waals surface area contributed by atoms with Crippen molar-refractivity contribution in [3.8, 4) is 11.8 Å². The van der Waals surface area contributed by atoms with Crippen molar-refractivity contribution in [3.63, 3.8) is 0 Å². The van der Waals surface area contributed by atoms with Gasteiger partial charge in [0.15, 0.2) is 0 Å². The maximum atomic E-state index is 13.2. The van der Waals surface area contributed by atoms with Gasteiger partial charge in [-0.1, -0.05) is 70.7 Å². The molecule has 2 N–H and O–H groups in total. The van der Waals surface area contributed by atoms with Gasteiger partial charge >= 0.3 is 12.4 Å². The number of rotatable bonds is 15. The molecule has 5 rings (SSSR count). The SMILES string of the molecule is CCCCCOc1nc(Nc2ccc(CCC)cc2)ncc1C(F)(F)F.CCCc1ccc(Nc2ncc(C(F)(F)F)c(OC3CCCC3)n2)cc1. The smallest absolute Gasteiger partial charge is 0.423 e. The first-order valence-corrected chi connectivity index (χ1v) is 17.8. The van der Waals surface area contributed by atoms with Gasteiger partial charge in [-0.15, -0.1) is 0 Å². The molecule has 2 aromatic heterocycles. The highest BCUT2D eigenvalue weighted by Gasteiger charge is 2.38. The maximum absolute atomic E-state index is 13.2. The molecule has 1 aliphatic carbocycles. The van der Waals surface area contributed by atoms with E-state index in [4.69, 9.17) is 9.47 Å². The Bertz CT molecular complexity index is 1660. The molecule has 8 nitrogen and oxygen atoms in total. The summed E-state index contributed by atoms with van der Waals surface area (Å²) in [6, 6.07) is 15.3. The molecule has 2 heterocycles. The van der Waals surface area contributed by atoms with Crippen molar-refractivity contribution < 1.29 is 35.8 Å². The number of halogens is 6. The minimum Gasteiger partial charge on any atom is -0.477 e. The number of hydrogen-bond donors (Lipinski definition) is 2. The molecule has 0 atom stereocenters. The molecule has 2 aromatic carbocycles. The Kier molecular flexibility index (Phi) is 14.9. The fourth-order valence-electron chi connectivity index (χ4n) is 5.47. The summed E-state index contributed by atoms with van der Waals surface area (Å²) >= 11 is 0. The van der Waals surface area contributed by atoms with Crippen LogP contribution in [0.3, 0.4) is 0 Å². The number of ether oxygens (including phenoxy) is 2. The summed E-state index contributed by atoms with van der Waals surface area (Å²) in [5, 5.41) is 5.87. The summed E-state index contributed by atoms with van der Waals surface area (Å²) in [6.07, 6.45) is 2.25. The van der Waals surface area contributed by atoms with Crippen LogP contribution in [0, 0.1) is 0 Å². The van der Waals surface area contributed by atoms with E-state index in [1.54, 1.807) is 0 Å². The van der Waals surface area contributed by atoms with Gasteiger partial charge in [-0.2, -0.15) is 36.3 Å². The van der Waals surface area contributed by atoms with Crippen LogP contribution in [-0.4, -0.2) is 32.6 Å². The first kappa shape index (κ1) is 40.2. The van der Waals surface area contributed by atoms with Crippen LogP contribution >= 0.6 is 0 Å². The van der Waals surface area contributed by atoms with Crippen LogP contribution in [-0.2, 0) is 25.2 Å². The highest BCUT2D eigenvalue weighted by atomic mass is 19.4. The minimum atomic E-state index is -4.56. The molecule has 14 heteroatoms. The van der Waals surface area contributed by atoms with E-state index >= 15 is 0 Å². The Morgan fingerprint density at radius 1 is 0.635 bits per heavy atom. The van der Waals surface area contributed by atoms with E-state index < -0.39 is 35.2 Å². The number of benzene rings is 2. The van der Waals surface area contributed by atoms with Gasteiger partial charge in [-0.05, 0) is 80.3 Å². The lowest BCUT2D eigenvalue weighted by molar-refractivity contribution is -0.140. The largest absolute Gasteiger partial charge is 0.477 e. The standard InChI is InChI=1S/C19H22F3N3O.C19H24F3N3O/c1-2-5-13-8-10-14(11-9-13)24-18-23-12-16(19(20,21)22)17(25-18)26-15-6-3-4-7-15;1-3-5-6-12-26-17-16(19(20,21)22)13-23-18(25-17)24-15-10-8-14(7-4-2)9-11-15/h8-12,15H,2-7H2,1H3,(H,23,24,25);8-11,13H,3-7,12H2,1-2H3,(H,23,24,25). The molecule has 0 bridgehead atoms. The summed E-state index contributed by atoms with van der Waals surface area (Å²) in [4.78, 5) is 15.5. The number of hydrogen-bond acceptors (Lipinski definition) is 8. The van der Waals surface area contributed by atoms with Crippen molar-refractivity contribution >= 4 is 23.3 Å². The first-order chi connectivity index (χ1) is 24.9. The molecule has 0 amide bonds. The predicted octanol–water partition coefficient (Wildman–Crippen LogP) is 11.3. The average molecular weight is 733 g/mol. The van der Waals surface area contributed by atoms with E-state index in [-0.39, 0.29) is 24.6 Å². The molecule has 1 fully saturated rings. The predicted molar refractivity (Wildman–Crippen MR) is 189 cm³/mol. The third-order valence-corrected chi connectivity index (χ3v) is 8.18. The molecule has 1 aliphatic rings. The van der Waals surface area contributed by atoms with E-state index in [1.807, 2.05) is 55.5 Å². The molecule has 52 heavy (non-hydrogen) atoms. The molecule has 282 valence electrons. The Labute approximate surface area is 300 Å². The summed E-state index contributed by atoms with van der Waals surface area (Å²) in [5.74, 6) is -0.667. The number of anilines is 4. The first-order valence-electron chi connectivity index (χ1n) is 17.8. The van der Waals surface area contributed by atoms with Crippen LogP contribution in [0.1, 0.15) is 101 Å². The fourth-order valence-corrected chi connectivity index (χ4v) is 5.47. The quantitative estimate of drug-likeness (QED) is 0.0921. The highest BCUT2D eigenvalue weighted by Crippen LogP contribution is 2.38. The summed E-state index contributed by atoms with van der Waals surface area (Å²) in [7, 11) is 0. The topological polar surface area (TPSA) is 94.1 Å². The molecular weight excluding hydrogens is 686 g/mol. The van der Waals surface area contributed by atoms with E-state index in [0.29, 0.717) is 12.1 Å². The molecule has 0 unspecified atom stereocenters. The Hall–Kier alpha value is -4.62. The van der Waals surface area contributed by atoms with Crippen LogP contribution in [0.25, 0.3) is 0 Å². The van der Waals surface area contributed by atoms with Crippen molar-refractivity contribution in [1.29, 1.82) is 0 Å². The van der Waals surface area contributed by atoms with Crippen molar-refractivity contribution in [2.45, 2.75) is 110 Å². The summed E-state index contributed by atoms with van der Waals surface area (Å²) in [6.45, 7) is 6.41. The molecule has 0 radical (unpaired) electrons. The molecule has 0 spiro atoms. The van der Waals surface area contributed by atoms with E-state index in [0.717, 1.165) is 82.3 Å². The van der Waals surface area contributed by atoms with E-state index in [9.17, 15) is 26.3 Å². The third-order valence-electron chi connectivity index (χ3n) is 8.18. The number of aromatic nitrogens is 4. The third kappa shape index (κ3) is 12.6. The van der Waals surface area contributed by atoms with Crippen molar-refractivity contribution in [3.05, 3.63) is 83.2 Å². The second-order valence-electron chi connectivity index (χ2n) is 12.5. The lowest BCUT2D eigenvalue weighted by atomic mass is 10.1. The van der Waals surface area contributed by atoms with Crippen molar-refractivity contribution in [1.82, 2.24) is 19.9 Å². The van der Waals surface area contributed by atoms with Crippen LogP contribution in [0.15, 0.2) is 60.9 Å². The highest BCUT2D eigenvalue weighted by molar-refractivity contribution is 5.55. The lowest BCUT2D eigenvalue weighted by Crippen LogP contribution is -2.17. The zero-order chi connectivity index (χ0) is 37.6. The number of nitrogens with zero attached hydrogens (tertiary/aromatic N) is 4. The van der Waals surface area contributed by atoms with Crippen molar-refractivity contribution in [2.75, 3.05) is 17.2 Å². The average Bonchev–Trinajstić information content (AvgIpc) is 3.61. The van der Waals surface area contributed by atoms with Gasteiger partial charge < -0.3 is 20.1 Å². The van der Waals surface area contributed by atoms with Gasteiger partial charge in [0.1, 0.15) is 17.2 Å². The monoisotopic (exact) mass is 732 g/mol.